The lowest BCUT2D eigenvalue weighted by Gasteiger charge is -2.22. The van der Waals surface area contributed by atoms with E-state index in [2.05, 4.69) is 20.1 Å². The number of benzene rings is 1. The highest BCUT2D eigenvalue weighted by Gasteiger charge is 2.39. The van der Waals surface area contributed by atoms with Gasteiger partial charge >= 0.3 is 19.4 Å². The van der Waals surface area contributed by atoms with Gasteiger partial charge in [-0.05, 0) is 36.6 Å². The van der Waals surface area contributed by atoms with Gasteiger partial charge in [0.25, 0.3) is 5.56 Å². The van der Waals surface area contributed by atoms with E-state index in [1.165, 1.54) is 37.4 Å². The summed E-state index contributed by atoms with van der Waals surface area (Å²) in [4.78, 5) is 51.2. The summed E-state index contributed by atoms with van der Waals surface area (Å²) in [5.74, 6) is -0.806. The number of esters is 1. The van der Waals surface area contributed by atoms with Crippen LogP contribution in [0.4, 0.5) is 0 Å². The Bertz CT molecular complexity index is 1300. The van der Waals surface area contributed by atoms with E-state index in [1.54, 1.807) is 0 Å². The summed E-state index contributed by atoms with van der Waals surface area (Å²) in [5, 5.41) is 15.3. The van der Waals surface area contributed by atoms with Gasteiger partial charge in [0.15, 0.2) is 0 Å². The zero-order valence-corrected chi connectivity index (χ0v) is 20.2. The maximum atomic E-state index is 12.7. The molecule has 0 radical (unpaired) electrons. The number of rotatable bonds is 10. The van der Waals surface area contributed by atoms with Crippen molar-refractivity contribution in [1.29, 1.82) is 0 Å². The predicted octanol–water partition coefficient (Wildman–Crippen LogP) is 1.01. The molecule has 194 valence electrons. The van der Waals surface area contributed by atoms with Crippen LogP contribution in [0.15, 0.2) is 45.2 Å². The zero-order chi connectivity index (χ0) is 26.5. The maximum Gasteiger partial charge on any atom is 0.403 e. The average Bonchev–Trinajstić information content (AvgIpc) is 3.23. The van der Waals surface area contributed by atoms with E-state index in [4.69, 9.17) is 19.5 Å². The summed E-state index contributed by atoms with van der Waals surface area (Å²) in [5.41, 5.74) is 8.43. The van der Waals surface area contributed by atoms with Gasteiger partial charge in [0, 0.05) is 23.1 Å². The van der Waals surface area contributed by atoms with Crippen LogP contribution in [0.3, 0.4) is 0 Å². The van der Waals surface area contributed by atoms with Crippen LogP contribution in [0.25, 0.3) is 10.4 Å². The molecule has 16 heteroatoms. The van der Waals surface area contributed by atoms with Gasteiger partial charge < -0.3 is 19.5 Å². The molecule has 1 aliphatic heterocycles. The van der Waals surface area contributed by atoms with Crippen LogP contribution in [0.2, 0.25) is 0 Å². The first kappa shape index (κ1) is 27.1. The fourth-order valence-electron chi connectivity index (χ4n) is 3.62. The Morgan fingerprint density at radius 3 is 2.75 bits per heavy atom. The maximum absolute atomic E-state index is 12.7. The second kappa shape index (κ2) is 11.5. The molecule has 0 saturated carbocycles. The number of nitrogens with zero attached hydrogens (tertiary/aromatic N) is 4. The number of nitrogens with one attached hydrogen (secondary N) is 2. The number of methoxy groups -OCH3 is 1. The summed E-state index contributed by atoms with van der Waals surface area (Å²) < 4.78 is 29.4. The number of phenolic OH excluding ortho intramolecular Hbond substituents is 1. The Balaban J connectivity index is 1.70. The lowest BCUT2D eigenvalue weighted by molar-refractivity contribution is -0.142. The molecule has 5 atom stereocenters. The van der Waals surface area contributed by atoms with Crippen LogP contribution in [0.1, 0.15) is 23.8 Å². The van der Waals surface area contributed by atoms with E-state index in [1.807, 2.05) is 0 Å². The molecule has 2 aromatic rings. The molecule has 0 spiro atoms. The van der Waals surface area contributed by atoms with Gasteiger partial charge in [-0.1, -0.05) is 17.2 Å². The minimum absolute atomic E-state index is 0.0150. The summed E-state index contributed by atoms with van der Waals surface area (Å²) in [6.45, 7) is 0.976. The third-order valence-electron chi connectivity index (χ3n) is 5.45. The third-order valence-corrected chi connectivity index (χ3v) is 6.59. The van der Waals surface area contributed by atoms with E-state index in [0.29, 0.717) is 5.56 Å². The van der Waals surface area contributed by atoms with Crippen LogP contribution in [0, 0.1) is 6.92 Å². The monoisotopic (exact) mass is 524 g/mol. The Hall–Kier alpha value is -3.45. The number of aromatic nitrogens is 2. The number of ether oxygens (including phenoxy) is 2. The molecule has 1 fully saturated rings. The van der Waals surface area contributed by atoms with Crippen molar-refractivity contribution in [3.63, 3.8) is 0 Å². The third kappa shape index (κ3) is 6.82. The molecule has 1 aliphatic rings. The summed E-state index contributed by atoms with van der Waals surface area (Å²) in [7, 11) is -3.49. The molecule has 1 aromatic carbocycles. The number of carbonyl (C=O) groups excluding carboxylic acids is 1. The summed E-state index contributed by atoms with van der Waals surface area (Å²) in [6.07, 6.45) is -0.649. The first-order valence-electron chi connectivity index (χ1n) is 10.7. The van der Waals surface area contributed by atoms with E-state index < -0.39 is 56.0 Å². The zero-order valence-electron chi connectivity index (χ0n) is 19.3. The highest BCUT2D eigenvalue weighted by Crippen LogP contribution is 2.40. The Labute approximate surface area is 203 Å². The highest BCUT2D eigenvalue weighted by molar-refractivity contribution is 7.50. The second-order valence-corrected chi connectivity index (χ2v) is 9.56. The van der Waals surface area contributed by atoms with Gasteiger partial charge in [0.2, 0.25) is 0 Å². The number of H-pyrrole nitrogens is 1. The number of hydrogen-bond acceptors (Lipinski definition) is 9. The molecule has 4 N–H and O–H groups in total. The van der Waals surface area contributed by atoms with E-state index in [9.17, 15) is 28.9 Å². The number of hydrogen-bond donors (Lipinski definition) is 4. The topological polar surface area (TPSA) is 218 Å². The molecule has 36 heavy (non-hydrogen) atoms. The second-order valence-electron chi connectivity index (χ2n) is 8.01. The lowest BCUT2D eigenvalue weighted by atomic mass is 10.1. The largest absolute Gasteiger partial charge is 0.508 e. The van der Waals surface area contributed by atoms with Crippen molar-refractivity contribution in [3.05, 3.63) is 72.9 Å². The highest BCUT2D eigenvalue weighted by atomic mass is 31.2. The van der Waals surface area contributed by atoms with Crippen molar-refractivity contribution in [2.45, 2.75) is 44.2 Å². The SMILES string of the molecule is COC(=O)[C@H](Cc1ccc(O)cc1)NP(=O)(O)OC[C@H]1O[C@@H](n2cc(C)c(=O)[nH]c2=O)C[C@@H]1N=[N+]=[N-]. The van der Waals surface area contributed by atoms with Crippen molar-refractivity contribution in [2.75, 3.05) is 13.7 Å². The Morgan fingerprint density at radius 2 is 2.11 bits per heavy atom. The van der Waals surface area contributed by atoms with E-state index >= 15 is 0 Å². The van der Waals surface area contributed by atoms with Crippen molar-refractivity contribution in [3.8, 4) is 5.75 Å². The molecular formula is C20H25N6O9P. The number of aromatic hydroxyl groups is 1. The van der Waals surface area contributed by atoms with Gasteiger partial charge in [-0.15, -0.1) is 0 Å². The fourth-order valence-corrected chi connectivity index (χ4v) is 4.64. The minimum Gasteiger partial charge on any atom is -0.508 e. The number of phenols is 1. The summed E-state index contributed by atoms with van der Waals surface area (Å²) in [6, 6.07) is 3.76. The molecule has 1 saturated heterocycles. The van der Waals surface area contributed by atoms with Gasteiger partial charge in [-0.2, -0.15) is 0 Å². The summed E-state index contributed by atoms with van der Waals surface area (Å²) >= 11 is 0. The van der Waals surface area contributed by atoms with Crippen molar-refractivity contribution < 1.29 is 33.4 Å². The minimum atomic E-state index is -4.61. The fraction of sp³-hybridized carbons (Fsp3) is 0.450. The van der Waals surface area contributed by atoms with Gasteiger partial charge in [-0.25, -0.2) is 14.4 Å². The molecular weight excluding hydrogens is 499 g/mol. The molecule has 15 nitrogen and oxygen atoms in total. The first-order chi connectivity index (χ1) is 17.0. The number of carbonyl (C=O) groups is 1. The average molecular weight is 524 g/mol. The number of azide groups is 1. The van der Waals surface area contributed by atoms with Crippen LogP contribution < -0.4 is 16.3 Å². The van der Waals surface area contributed by atoms with Crippen molar-refractivity contribution in [2.24, 2.45) is 5.11 Å². The molecule has 0 bridgehead atoms. The van der Waals surface area contributed by atoms with Crippen LogP contribution in [0.5, 0.6) is 5.75 Å². The number of aryl methyl sites for hydroxylation is 1. The van der Waals surface area contributed by atoms with E-state index in [0.717, 1.165) is 11.7 Å². The van der Waals surface area contributed by atoms with Gasteiger partial charge in [-0.3, -0.25) is 23.7 Å². The van der Waals surface area contributed by atoms with Crippen molar-refractivity contribution in [1.82, 2.24) is 14.6 Å². The Morgan fingerprint density at radius 1 is 1.42 bits per heavy atom. The predicted molar refractivity (Wildman–Crippen MR) is 124 cm³/mol. The molecule has 1 aromatic heterocycles. The van der Waals surface area contributed by atoms with E-state index in [-0.39, 0.29) is 24.2 Å². The Kier molecular flexibility index (Phi) is 8.69. The molecule has 1 unspecified atom stereocenters. The standard InChI is InChI=1S/C20H25N6O9P/c1-11-9-26(20(30)22-18(11)28)17-8-14(23-25-21)16(35-17)10-34-36(31,32)24-15(19(29)33-2)7-12-3-5-13(27)6-4-12/h3-6,9,14-17,27H,7-8,10H2,1-2H3,(H,22,28,30)(H2,24,31,32)/t14-,15-,16+,17+/m0/s1. The van der Waals surface area contributed by atoms with Gasteiger partial charge in [0.05, 0.1) is 25.9 Å². The van der Waals surface area contributed by atoms with Crippen molar-refractivity contribution >= 4 is 13.7 Å². The molecule has 2 heterocycles. The normalized spacial score (nSPS) is 21.8. The molecule has 0 aliphatic carbocycles. The van der Waals surface area contributed by atoms with Crippen LogP contribution in [-0.4, -0.2) is 57.4 Å². The van der Waals surface area contributed by atoms with Crippen LogP contribution >= 0.6 is 7.75 Å². The molecule has 3 rings (SSSR count). The smallest absolute Gasteiger partial charge is 0.403 e. The lowest BCUT2D eigenvalue weighted by Crippen LogP contribution is -2.38. The molecule has 0 amide bonds. The first-order valence-corrected chi connectivity index (χ1v) is 12.2. The van der Waals surface area contributed by atoms with Gasteiger partial charge in [0.1, 0.15) is 18.0 Å². The number of aromatic amines is 1. The quantitative estimate of drug-likeness (QED) is 0.114. The van der Waals surface area contributed by atoms with Crippen LogP contribution in [-0.2, 0) is 29.8 Å².